The lowest BCUT2D eigenvalue weighted by Gasteiger charge is -2.11. The average Bonchev–Trinajstić information content (AvgIpc) is 3.57. The van der Waals surface area contributed by atoms with Gasteiger partial charge in [0.15, 0.2) is 11.6 Å². The summed E-state index contributed by atoms with van der Waals surface area (Å²) < 4.78 is 7.12. The SMILES string of the molecule is O=C(CCCC1CC1)c1ccccc1OCc1nc2nc(-c3ccccc3)[nH]n2c(=O)c1Cl. The number of H-pyrrole nitrogens is 1. The zero-order valence-electron chi connectivity index (χ0n) is 18.0. The predicted molar refractivity (Wildman–Crippen MR) is 126 cm³/mol. The van der Waals surface area contributed by atoms with E-state index in [4.69, 9.17) is 16.3 Å². The average molecular weight is 463 g/mol. The number of fused-ring (bicyclic) bond motifs is 1. The van der Waals surface area contributed by atoms with E-state index in [1.807, 2.05) is 42.5 Å². The van der Waals surface area contributed by atoms with Gasteiger partial charge >= 0.3 is 0 Å². The third-order valence-electron chi connectivity index (χ3n) is 5.82. The molecule has 7 nitrogen and oxygen atoms in total. The number of hydrogen-bond donors (Lipinski definition) is 1. The van der Waals surface area contributed by atoms with Gasteiger partial charge in [0.1, 0.15) is 23.1 Å². The molecule has 0 unspecified atom stereocenters. The quantitative estimate of drug-likeness (QED) is 0.350. The molecular weight excluding hydrogens is 440 g/mol. The number of ketones is 1. The maximum absolute atomic E-state index is 12.8. The molecule has 0 spiro atoms. The molecule has 1 aliphatic rings. The van der Waals surface area contributed by atoms with Crippen molar-refractivity contribution in [1.29, 1.82) is 0 Å². The van der Waals surface area contributed by atoms with Crippen LogP contribution in [0.2, 0.25) is 5.02 Å². The van der Waals surface area contributed by atoms with Crippen molar-refractivity contribution in [3.05, 3.63) is 81.2 Å². The first kappa shape index (κ1) is 21.4. The molecule has 33 heavy (non-hydrogen) atoms. The van der Waals surface area contributed by atoms with Crippen molar-refractivity contribution in [2.45, 2.75) is 38.7 Å². The lowest BCUT2D eigenvalue weighted by molar-refractivity contribution is 0.0974. The van der Waals surface area contributed by atoms with Crippen LogP contribution in [0.5, 0.6) is 5.75 Å². The van der Waals surface area contributed by atoms with Crippen molar-refractivity contribution < 1.29 is 9.53 Å². The number of Topliss-reactive ketones (excluding diaryl/α,β-unsaturated/α-hetero) is 1. The summed E-state index contributed by atoms with van der Waals surface area (Å²) >= 11 is 6.31. The van der Waals surface area contributed by atoms with Gasteiger partial charge in [-0.05, 0) is 24.5 Å². The molecule has 1 fully saturated rings. The fraction of sp³-hybridized carbons (Fsp3) is 0.280. The summed E-state index contributed by atoms with van der Waals surface area (Å²) in [5.74, 6) is 2.03. The van der Waals surface area contributed by atoms with Gasteiger partial charge in [0.25, 0.3) is 11.3 Å². The molecule has 2 heterocycles. The molecule has 0 bridgehead atoms. The Morgan fingerprint density at radius 2 is 1.85 bits per heavy atom. The van der Waals surface area contributed by atoms with Crippen molar-refractivity contribution >= 4 is 23.2 Å². The highest BCUT2D eigenvalue weighted by Crippen LogP contribution is 2.34. The Kier molecular flexibility index (Phi) is 5.96. The number of carbonyl (C=O) groups excluding carboxylic acids is 1. The Bertz CT molecular complexity index is 1360. The Balaban J connectivity index is 1.36. The molecule has 1 aliphatic carbocycles. The fourth-order valence-corrected chi connectivity index (χ4v) is 4.00. The van der Waals surface area contributed by atoms with Crippen LogP contribution in [0.15, 0.2) is 59.4 Å². The van der Waals surface area contributed by atoms with Crippen molar-refractivity contribution in [2.75, 3.05) is 0 Å². The van der Waals surface area contributed by atoms with E-state index in [1.165, 1.54) is 17.4 Å². The monoisotopic (exact) mass is 462 g/mol. The van der Waals surface area contributed by atoms with E-state index in [0.717, 1.165) is 24.3 Å². The van der Waals surface area contributed by atoms with Crippen LogP contribution in [-0.4, -0.2) is 25.4 Å². The van der Waals surface area contributed by atoms with E-state index in [1.54, 1.807) is 12.1 Å². The summed E-state index contributed by atoms with van der Waals surface area (Å²) in [6, 6.07) is 16.6. The number of benzene rings is 2. The Labute approximate surface area is 195 Å². The van der Waals surface area contributed by atoms with Crippen LogP contribution in [0.4, 0.5) is 0 Å². The highest BCUT2D eigenvalue weighted by Gasteiger charge is 2.22. The summed E-state index contributed by atoms with van der Waals surface area (Å²) in [7, 11) is 0. The summed E-state index contributed by atoms with van der Waals surface area (Å²) in [6.45, 7) is -0.0511. The molecule has 2 aromatic carbocycles. The molecule has 168 valence electrons. The van der Waals surface area contributed by atoms with Crippen LogP contribution in [0.1, 0.15) is 48.2 Å². The van der Waals surface area contributed by atoms with Gasteiger partial charge in [0.05, 0.1) is 5.56 Å². The Hall–Kier alpha value is -3.45. The molecule has 0 aliphatic heterocycles. The number of hydrogen-bond acceptors (Lipinski definition) is 5. The molecule has 0 radical (unpaired) electrons. The molecule has 1 N–H and O–H groups in total. The number of rotatable bonds is 9. The number of aromatic amines is 1. The number of nitrogens with zero attached hydrogens (tertiary/aromatic N) is 3. The van der Waals surface area contributed by atoms with Gasteiger partial charge in [-0.25, -0.2) is 4.98 Å². The standard InChI is InChI=1S/C25H23ClN4O3/c26-22-19(27-25-28-23(29-30(25)24(22)32)17-8-2-1-3-9-17)15-33-21-12-5-4-10-18(21)20(31)11-6-7-16-13-14-16/h1-5,8-10,12,16H,6-7,11,13-15H2,(H,27,28,29). The largest absolute Gasteiger partial charge is 0.486 e. The zero-order valence-corrected chi connectivity index (χ0v) is 18.7. The minimum Gasteiger partial charge on any atom is -0.486 e. The second-order valence-corrected chi connectivity index (χ2v) is 8.67. The van der Waals surface area contributed by atoms with E-state index < -0.39 is 5.56 Å². The van der Waals surface area contributed by atoms with Gasteiger partial charge in [-0.1, -0.05) is 73.3 Å². The first-order chi connectivity index (χ1) is 16.1. The highest BCUT2D eigenvalue weighted by atomic mass is 35.5. The fourth-order valence-electron chi connectivity index (χ4n) is 3.82. The minimum absolute atomic E-state index is 0.0511. The van der Waals surface area contributed by atoms with Crippen LogP contribution < -0.4 is 10.3 Å². The van der Waals surface area contributed by atoms with Crippen molar-refractivity contribution in [2.24, 2.45) is 5.92 Å². The molecule has 8 heteroatoms. The van der Waals surface area contributed by atoms with Gasteiger partial charge in [-0.3, -0.25) is 14.7 Å². The van der Waals surface area contributed by atoms with Gasteiger partial charge in [-0.2, -0.15) is 9.50 Å². The highest BCUT2D eigenvalue weighted by molar-refractivity contribution is 6.31. The lowest BCUT2D eigenvalue weighted by Crippen LogP contribution is -2.19. The first-order valence-electron chi connectivity index (χ1n) is 11.1. The van der Waals surface area contributed by atoms with E-state index in [2.05, 4.69) is 15.1 Å². The van der Waals surface area contributed by atoms with Gasteiger partial charge in [0, 0.05) is 12.0 Å². The van der Waals surface area contributed by atoms with E-state index in [9.17, 15) is 9.59 Å². The number of carbonyl (C=O) groups is 1. The maximum atomic E-state index is 12.8. The van der Waals surface area contributed by atoms with Crippen molar-refractivity contribution in [3.8, 4) is 17.1 Å². The lowest BCUT2D eigenvalue weighted by atomic mass is 10.0. The van der Waals surface area contributed by atoms with Crippen molar-refractivity contribution in [3.63, 3.8) is 0 Å². The van der Waals surface area contributed by atoms with Gasteiger partial charge in [0.2, 0.25) is 0 Å². The minimum atomic E-state index is -0.459. The smallest absolute Gasteiger partial charge is 0.293 e. The third-order valence-corrected chi connectivity index (χ3v) is 6.20. The van der Waals surface area contributed by atoms with E-state index >= 15 is 0 Å². The van der Waals surface area contributed by atoms with E-state index in [0.29, 0.717) is 23.6 Å². The van der Waals surface area contributed by atoms with Gasteiger partial charge in [-0.15, -0.1) is 0 Å². The topological polar surface area (TPSA) is 89.3 Å². The Morgan fingerprint density at radius 1 is 1.09 bits per heavy atom. The number of halogens is 1. The molecule has 5 rings (SSSR count). The van der Waals surface area contributed by atoms with E-state index in [-0.39, 0.29) is 28.9 Å². The zero-order chi connectivity index (χ0) is 22.8. The second-order valence-electron chi connectivity index (χ2n) is 8.29. The van der Waals surface area contributed by atoms with Crippen LogP contribution in [0.25, 0.3) is 17.2 Å². The first-order valence-corrected chi connectivity index (χ1v) is 11.5. The summed E-state index contributed by atoms with van der Waals surface area (Å²) in [5.41, 5.74) is 1.17. The second kappa shape index (κ2) is 9.19. The summed E-state index contributed by atoms with van der Waals surface area (Å²) in [6.07, 6.45) is 5.07. The molecule has 0 saturated heterocycles. The number of nitrogens with one attached hydrogen (secondary N) is 1. The predicted octanol–water partition coefficient (Wildman–Crippen LogP) is 5.08. The maximum Gasteiger partial charge on any atom is 0.293 e. The molecule has 0 amide bonds. The normalized spacial score (nSPS) is 13.4. The van der Waals surface area contributed by atoms with Crippen LogP contribution in [0, 0.1) is 5.92 Å². The third kappa shape index (κ3) is 4.68. The van der Waals surface area contributed by atoms with Crippen LogP contribution in [-0.2, 0) is 6.61 Å². The number of aromatic nitrogens is 4. The summed E-state index contributed by atoms with van der Waals surface area (Å²) in [5, 5.41) is 2.89. The number of para-hydroxylation sites is 1. The Morgan fingerprint density at radius 3 is 2.64 bits per heavy atom. The van der Waals surface area contributed by atoms with Gasteiger partial charge < -0.3 is 4.74 Å². The molecule has 0 atom stereocenters. The van der Waals surface area contributed by atoms with Crippen LogP contribution in [0.3, 0.4) is 0 Å². The summed E-state index contributed by atoms with van der Waals surface area (Å²) in [4.78, 5) is 34.3. The molecular formula is C25H23ClN4O3. The molecule has 1 saturated carbocycles. The molecule has 2 aromatic heterocycles. The van der Waals surface area contributed by atoms with Crippen molar-refractivity contribution in [1.82, 2.24) is 19.6 Å². The number of ether oxygens (including phenoxy) is 1. The van der Waals surface area contributed by atoms with Crippen LogP contribution >= 0.6 is 11.6 Å². The molecule has 4 aromatic rings.